The normalized spacial score (nSPS) is 12.3. The molecule has 2 heterocycles. The highest BCUT2D eigenvalue weighted by atomic mass is 32.2. The molecule has 0 aliphatic carbocycles. The average molecular weight is 448 g/mol. The Kier molecular flexibility index (Phi) is 6.53. The van der Waals surface area contributed by atoms with Crippen molar-refractivity contribution in [1.29, 1.82) is 0 Å². The Bertz CT molecular complexity index is 1230. The summed E-state index contributed by atoms with van der Waals surface area (Å²) in [6, 6.07) is 15.4. The molecule has 0 spiro atoms. The van der Waals surface area contributed by atoms with Crippen LogP contribution in [0, 0.1) is 6.92 Å². The van der Waals surface area contributed by atoms with Crippen molar-refractivity contribution in [3.63, 3.8) is 0 Å². The van der Waals surface area contributed by atoms with E-state index >= 15 is 0 Å². The van der Waals surface area contributed by atoms with E-state index in [1.807, 2.05) is 69.3 Å². The molecule has 2 aromatic carbocycles. The minimum atomic E-state index is -1.03. The predicted octanol–water partition coefficient (Wildman–Crippen LogP) is 4.19. The number of nitrogens with two attached hydrogens (primary N) is 1. The van der Waals surface area contributed by atoms with Crippen LogP contribution in [-0.4, -0.2) is 36.2 Å². The maximum Gasteiger partial charge on any atom is 0.268 e. The van der Waals surface area contributed by atoms with Gasteiger partial charge in [-0.1, -0.05) is 38.1 Å². The summed E-state index contributed by atoms with van der Waals surface area (Å²) in [6.07, 6.45) is 2.53. The molecular formula is C24H25N5O2S. The summed E-state index contributed by atoms with van der Waals surface area (Å²) in [5.74, 6) is 0.738. The van der Waals surface area contributed by atoms with Gasteiger partial charge in [-0.3, -0.25) is 9.19 Å². The standard InChI is InChI=1S/C24H25N5O2S/c1-15(2)32(30)20-10-8-18(9-11-20)21-14-26-16(3)22(27-21)24-29-28-23(31-24)19-6-4-17(5-7-19)12-13-25/h4-11,14-15H,12-13,25H2,1-3H3. The maximum atomic E-state index is 12.3. The summed E-state index contributed by atoms with van der Waals surface area (Å²) in [5, 5.41) is 8.45. The fourth-order valence-corrected chi connectivity index (χ4v) is 4.19. The summed E-state index contributed by atoms with van der Waals surface area (Å²) in [4.78, 5) is 9.98. The second-order valence-corrected chi connectivity index (χ2v) is 9.72. The van der Waals surface area contributed by atoms with Gasteiger partial charge in [0, 0.05) is 21.3 Å². The van der Waals surface area contributed by atoms with Crippen molar-refractivity contribution in [3.8, 4) is 34.3 Å². The first-order valence-electron chi connectivity index (χ1n) is 10.4. The first-order valence-corrected chi connectivity index (χ1v) is 11.7. The SMILES string of the molecule is Cc1ncc(-c2ccc(S(=O)C(C)C)cc2)nc1-c1nnc(-c2ccc(CCN)cc2)o1. The third kappa shape index (κ3) is 4.66. The van der Waals surface area contributed by atoms with Gasteiger partial charge >= 0.3 is 0 Å². The Morgan fingerprint density at radius 1 is 0.969 bits per heavy atom. The molecule has 2 aromatic heterocycles. The summed E-state index contributed by atoms with van der Waals surface area (Å²) < 4.78 is 18.2. The molecule has 1 unspecified atom stereocenters. The number of rotatable bonds is 7. The van der Waals surface area contributed by atoms with Crippen molar-refractivity contribution in [2.24, 2.45) is 5.73 Å². The van der Waals surface area contributed by atoms with Gasteiger partial charge in [0.2, 0.25) is 5.89 Å². The van der Waals surface area contributed by atoms with Gasteiger partial charge in [0.05, 0.1) is 28.4 Å². The molecule has 0 amide bonds. The van der Waals surface area contributed by atoms with E-state index < -0.39 is 10.8 Å². The minimum absolute atomic E-state index is 0.0650. The highest BCUT2D eigenvalue weighted by Gasteiger charge is 2.16. The summed E-state index contributed by atoms with van der Waals surface area (Å²) >= 11 is 0. The van der Waals surface area contributed by atoms with Crippen LogP contribution < -0.4 is 5.73 Å². The lowest BCUT2D eigenvalue weighted by Gasteiger charge is -2.08. The second kappa shape index (κ2) is 9.50. The van der Waals surface area contributed by atoms with Gasteiger partial charge < -0.3 is 10.2 Å². The third-order valence-electron chi connectivity index (χ3n) is 5.03. The first-order chi connectivity index (χ1) is 15.5. The van der Waals surface area contributed by atoms with Crippen LogP contribution in [0.4, 0.5) is 0 Å². The van der Waals surface area contributed by atoms with E-state index in [0.717, 1.165) is 28.0 Å². The van der Waals surface area contributed by atoms with E-state index in [2.05, 4.69) is 15.2 Å². The Morgan fingerprint density at radius 2 is 1.62 bits per heavy atom. The molecule has 2 N–H and O–H groups in total. The van der Waals surface area contributed by atoms with E-state index in [9.17, 15) is 4.21 Å². The van der Waals surface area contributed by atoms with Crippen molar-refractivity contribution in [2.45, 2.75) is 37.3 Å². The Labute approximate surface area is 189 Å². The fraction of sp³-hybridized carbons (Fsp3) is 0.250. The van der Waals surface area contributed by atoms with Crippen LogP contribution in [0.25, 0.3) is 34.3 Å². The lowest BCUT2D eigenvalue weighted by Crippen LogP contribution is -2.05. The van der Waals surface area contributed by atoms with Crippen LogP contribution in [0.5, 0.6) is 0 Å². The molecule has 4 rings (SSSR count). The van der Waals surface area contributed by atoms with Gasteiger partial charge in [-0.15, -0.1) is 10.2 Å². The molecule has 0 saturated carbocycles. The zero-order chi connectivity index (χ0) is 22.7. The minimum Gasteiger partial charge on any atom is -0.415 e. The quantitative estimate of drug-likeness (QED) is 0.452. The number of nitrogens with zero attached hydrogens (tertiary/aromatic N) is 4. The molecule has 0 bridgehead atoms. The van der Waals surface area contributed by atoms with Crippen LogP contribution in [0.2, 0.25) is 0 Å². The number of benzene rings is 2. The van der Waals surface area contributed by atoms with Crippen molar-refractivity contribution in [2.75, 3.05) is 6.54 Å². The van der Waals surface area contributed by atoms with E-state index in [-0.39, 0.29) is 5.25 Å². The van der Waals surface area contributed by atoms with Crippen molar-refractivity contribution >= 4 is 10.8 Å². The zero-order valence-corrected chi connectivity index (χ0v) is 19.1. The van der Waals surface area contributed by atoms with E-state index in [1.165, 1.54) is 0 Å². The molecule has 0 aliphatic heterocycles. The first kappa shape index (κ1) is 22.0. The van der Waals surface area contributed by atoms with E-state index in [0.29, 0.717) is 35.4 Å². The van der Waals surface area contributed by atoms with Crippen LogP contribution >= 0.6 is 0 Å². The van der Waals surface area contributed by atoms with Crippen LogP contribution in [-0.2, 0) is 17.2 Å². The molecule has 0 radical (unpaired) electrons. The van der Waals surface area contributed by atoms with Crippen molar-refractivity contribution in [1.82, 2.24) is 20.2 Å². The lowest BCUT2D eigenvalue weighted by molar-refractivity contribution is 0.581. The van der Waals surface area contributed by atoms with E-state index in [1.54, 1.807) is 6.20 Å². The van der Waals surface area contributed by atoms with Gasteiger partial charge in [-0.2, -0.15) is 0 Å². The van der Waals surface area contributed by atoms with Gasteiger partial charge in [0.1, 0.15) is 5.69 Å². The van der Waals surface area contributed by atoms with Crippen molar-refractivity contribution < 1.29 is 8.63 Å². The fourth-order valence-electron chi connectivity index (χ4n) is 3.24. The maximum absolute atomic E-state index is 12.3. The molecule has 0 saturated heterocycles. The third-order valence-corrected chi connectivity index (χ3v) is 6.62. The lowest BCUT2D eigenvalue weighted by atomic mass is 10.1. The second-order valence-electron chi connectivity index (χ2n) is 7.71. The molecule has 32 heavy (non-hydrogen) atoms. The zero-order valence-electron chi connectivity index (χ0n) is 18.3. The molecule has 0 fully saturated rings. The number of hydrogen-bond acceptors (Lipinski definition) is 7. The molecule has 1 atom stereocenters. The van der Waals surface area contributed by atoms with Gasteiger partial charge in [0.25, 0.3) is 5.89 Å². The Balaban J connectivity index is 1.62. The summed E-state index contributed by atoms with van der Waals surface area (Å²) in [6.45, 7) is 6.34. The molecule has 8 heteroatoms. The molecule has 4 aromatic rings. The monoisotopic (exact) mass is 447 g/mol. The van der Waals surface area contributed by atoms with E-state index in [4.69, 9.17) is 15.1 Å². The molecule has 0 aliphatic rings. The average Bonchev–Trinajstić information content (AvgIpc) is 3.30. The highest BCUT2D eigenvalue weighted by Crippen LogP contribution is 2.27. The van der Waals surface area contributed by atoms with Gasteiger partial charge in [0.15, 0.2) is 0 Å². The number of hydrogen-bond donors (Lipinski definition) is 1. The largest absolute Gasteiger partial charge is 0.415 e. The summed E-state index contributed by atoms with van der Waals surface area (Å²) in [5.41, 5.74) is 10.4. The Hall–Kier alpha value is -3.23. The molecular weight excluding hydrogens is 422 g/mol. The van der Waals surface area contributed by atoms with Crippen LogP contribution in [0.15, 0.2) is 64.0 Å². The number of aryl methyl sites for hydroxylation is 1. The molecule has 7 nitrogen and oxygen atoms in total. The van der Waals surface area contributed by atoms with Crippen molar-refractivity contribution in [3.05, 3.63) is 66.0 Å². The van der Waals surface area contributed by atoms with Crippen LogP contribution in [0.3, 0.4) is 0 Å². The van der Waals surface area contributed by atoms with Crippen LogP contribution in [0.1, 0.15) is 25.1 Å². The highest BCUT2D eigenvalue weighted by molar-refractivity contribution is 7.85. The number of aromatic nitrogens is 4. The van der Waals surface area contributed by atoms with Gasteiger partial charge in [-0.05, 0) is 49.7 Å². The predicted molar refractivity (Wildman–Crippen MR) is 125 cm³/mol. The molecule has 164 valence electrons. The topological polar surface area (TPSA) is 108 Å². The smallest absolute Gasteiger partial charge is 0.268 e. The van der Waals surface area contributed by atoms with Gasteiger partial charge in [-0.25, -0.2) is 4.98 Å². The summed E-state index contributed by atoms with van der Waals surface area (Å²) in [7, 11) is -1.03. The Morgan fingerprint density at radius 3 is 2.28 bits per heavy atom.